The van der Waals surface area contributed by atoms with Gasteiger partial charge in [-0.2, -0.15) is 0 Å². The third kappa shape index (κ3) is 3.53. The monoisotopic (exact) mass is 281 g/mol. The van der Waals surface area contributed by atoms with E-state index in [1.54, 1.807) is 0 Å². The van der Waals surface area contributed by atoms with Crippen LogP contribution in [0.15, 0.2) is 0 Å². The van der Waals surface area contributed by atoms with Gasteiger partial charge in [0, 0.05) is 25.2 Å². The van der Waals surface area contributed by atoms with Gasteiger partial charge in [-0.25, -0.2) is 0 Å². The van der Waals surface area contributed by atoms with Crippen LogP contribution in [0.25, 0.3) is 0 Å². The van der Waals surface area contributed by atoms with Crippen molar-refractivity contribution in [1.29, 1.82) is 0 Å². The summed E-state index contributed by atoms with van der Waals surface area (Å²) in [5.41, 5.74) is 0.260. The van der Waals surface area contributed by atoms with Crippen LogP contribution in [0, 0.1) is 0 Å². The normalized spacial score (nSPS) is 24.1. The van der Waals surface area contributed by atoms with Crippen molar-refractivity contribution in [1.82, 2.24) is 15.1 Å². The first-order valence-corrected chi connectivity index (χ1v) is 8.25. The maximum atomic E-state index is 12.4. The molecule has 1 aliphatic carbocycles. The van der Waals surface area contributed by atoms with E-state index in [-0.39, 0.29) is 17.5 Å². The summed E-state index contributed by atoms with van der Waals surface area (Å²) in [6.45, 7) is 4.85. The van der Waals surface area contributed by atoms with Crippen molar-refractivity contribution in [2.24, 2.45) is 0 Å². The zero-order valence-electron chi connectivity index (χ0n) is 13.5. The van der Waals surface area contributed by atoms with E-state index in [9.17, 15) is 4.79 Å². The van der Waals surface area contributed by atoms with Gasteiger partial charge in [0.25, 0.3) is 0 Å². The number of hydrogen-bond acceptors (Lipinski definition) is 3. The first-order chi connectivity index (χ1) is 9.55. The maximum absolute atomic E-state index is 12.4. The summed E-state index contributed by atoms with van der Waals surface area (Å²) in [6, 6.07) is -0.0504. The number of likely N-dealkylation sites (N-methyl/N-ethyl adjacent to an activating group) is 1. The van der Waals surface area contributed by atoms with Crippen LogP contribution in [-0.2, 0) is 4.79 Å². The van der Waals surface area contributed by atoms with Gasteiger partial charge in [0.05, 0.1) is 6.04 Å². The summed E-state index contributed by atoms with van der Waals surface area (Å²) in [5.74, 6) is 0.289. The van der Waals surface area contributed by atoms with Crippen molar-refractivity contribution in [3.05, 3.63) is 0 Å². The molecule has 2 fully saturated rings. The number of hydrogen-bond donors (Lipinski definition) is 1. The largest absolute Gasteiger partial charge is 0.341 e. The number of rotatable bonds is 5. The van der Waals surface area contributed by atoms with Crippen LogP contribution in [0.1, 0.15) is 51.9 Å². The first kappa shape index (κ1) is 15.8. The Labute approximate surface area is 123 Å². The molecule has 1 amide bonds. The maximum Gasteiger partial charge on any atom is 0.239 e. The first-order valence-electron chi connectivity index (χ1n) is 8.25. The number of likely N-dealkylation sites (tertiary alicyclic amines) is 1. The topological polar surface area (TPSA) is 35.6 Å². The second-order valence-corrected chi connectivity index (χ2v) is 6.81. The molecular formula is C16H31N3O. The molecule has 2 rings (SSSR count). The summed E-state index contributed by atoms with van der Waals surface area (Å²) in [5, 5.41) is 3.51. The Bertz CT molecular complexity index is 318. The number of piperidine rings is 1. The van der Waals surface area contributed by atoms with Gasteiger partial charge in [-0.3, -0.25) is 4.79 Å². The third-order valence-electron chi connectivity index (χ3n) is 5.26. The van der Waals surface area contributed by atoms with Gasteiger partial charge in [-0.15, -0.1) is 0 Å². The van der Waals surface area contributed by atoms with Crippen LogP contribution in [0.2, 0.25) is 0 Å². The molecule has 1 N–H and O–H groups in total. The second kappa shape index (κ2) is 6.90. The minimum atomic E-state index is -0.0504. The van der Waals surface area contributed by atoms with E-state index >= 15 is 0 Å². The highest BCUT2D eigenvalue weighted by molar-refractivity contribution is 5.81. The molecule has 1 atom stereocenters. The van der Waals surface area contributed by atoms with E-state index < -0.39 is 0 Å². The third-order valence-corrected chi connectivity index (χ3v) is 5.26. The fourth-order valence-electron chi connectivity index (χ4n) is 3.63. The number of nitrogens with one attached hydrogen (secondary N) is 1. The number of amides is 1. The Balaban J connectivity index is 1.84. The molecule has 4 heteroatoms. The fourth-order valence-corrected chi connectivity index (χ4v) is 3.63. The predicted molar refractivity (Wildman–Crippen MR) is 82.8 cm³/mol. The van der Waals surface area contributed by atoms with Crippen molar-refractivity contribution < 1.29 is 4.79 Å². The minimum absolute atomic E-state index is 0.0504. The molecule has 1 unspecified atom stereocenters. The summed E-state index contributed by atoms with van der Waals surface area (Å²) in [7, 11) is 4.34. The highest BCUT2D eigenvalue weighted by atomic mass is 16.2. The zero-order chi connectivity index (χ0) is 14.6. The lowest BCUT2D eigenvalue weighted by Gasteiger charge is -2.38. The molecule has 0 aromatic rings. The standard InChI is InChI=1S/C16H31N3O/c1-14(15(20)19-11-7-4-8-12-19)17-13-16(18(2)3)9-5-6-10-16/h14,17H,4-13H2,1-3H3. The molecule has 4 nitrogen and oxygen atoms in total. The van der Waals surface area contributed by atoms with E-state index in [0.29, 0.717) is 0 Å². The van der Waals surface area contributed by atoms with Gasteiger partial charge in [-0.05, 0) is 53.1 Å². The van der Waals surface area contributed by atoms with Crippen molar-refractivity contribution in [2.75, 3.05) is 33.7 Å². The smallest absolute Gasteiger partial charge is 0.239 e. The molecule has 0 aromatic carbocycles. The molecule has 0 spiro atoms. The van der Waals surface area contributed by atoms with Crippen LogP contribution >= 0.6 is 0 Å². The Hall–Kier alpha value is -0.610. The van der Waals surface area contributed by atoms with Crippen molar-refractivity contribution in [2.45, 2.75) is 63.5 Å². The van der Waals surface area contributed by atoms with E-state index in [4.69, 9.17) is 0 Å². The lowest BCUT2D eigenvalue weighted by atomic mass is 9.95. The van der Waals surface area contributed by atoms with Crippen LogP contribution in [-0.4, -0.2) is 61.0 Å². The molecule has 0 bridgehead atoms. The van der Waals surface area contributed by atoms with Gasteiger partial charge in [0.15, 0.2) is 0 Å². The van der Waals surface area contributed by atoms with Gasteiger partial charge in [-0.1, -0.05) is 12.8 Å². The fraction of sp³-hybridized carbons (Fsp3) is 0.938. The lowest BCUT2D eigenvalue weighted by molar-refractivity contribution is -0.134. The number of carbonyl (C=O) groups is 1. The van der Waals surface area contributed by atoms with E-state index in [2.05, 4.69) is 24.3 Å². The minimum Gasteiger partial charge on any atom is -0.341 e. The van der Waals surface area contributed by atoms with Crippen LogP contribution in [0.5, 0.6) is 0 Å². The van der Waals surface area contributed by atoms with Gasteiger partial charge in [0.2, 0.25) is 5.91 Å². The summed E-state index contributed by atoms with van der Waals surface area (Å²) in [4.78, 5) is 16.8. The van der Waals surface area contributed by atoms with E-state index in [1.165, 1.54) is 44.9 Å². The molecule has 1 saturated heterocycles. The molecule has 0 radical (unpaired) electrons. The summed E-state index contributed by atoms with van der Waals surface area (Å²) in [6.07, 6.45) is 8.73. The summed E-state index contributed by atoms with van der Waals surface area (Å²) >= 11 is 0. The van der Waals surface area contributed by atoms with Gasteiger partial charge < -0.3 is 15.1 Å². The Morgan fingerprint density at radius 3 is 2.30 bits per heavy atom. The molecule has 0 aromatic heterocycles. The molecule has 1 heterocycles. The van der Waals surface area contributed by atoms with Crippen molar-refractivity contribution in [3.8, 4) is 0 Å². The number of nitrogens with zero attached hydrogens (tertiary/aromatic N) is 2. The molecule has 20 heavy (non-hydrogen) atoms. The van der Waals surface area contributed by atoms with Crippen molar-refractivity contribution >= 4 is 5.91 Å². The van der Waals surface area contributed by atoms with E-state index in [1.807, 2.05) is 11.8 Å². The summed E-state index contributed by atoms with van der Waals surface area (Å²) < 4.78 is 0. The van der Waals surface area contributed by atoms with E-state index in [0.717, 1.165) is 19.6 Å². The van der Waals surface area contributed by atoms with Gasteiger partial charge in [0.1, 0.15) is 0 Å². The molecule has 1 saturated carbocycles. The highest BCUT2D eigenvalue weighted by Gasteiger charge is 2.36. The van der Waals surface area contributed by atoms with Crippen LogP contribution in [0.4, 0.5) is 0 Å². The van der Waals surface area contributed by atoms with Gasteiger partial charge >= 0.3 is 0 Å². The molecular weight excluding hydrogens is 250 g/mol. The molecule has 1 aliphatic heterocycles. The number of carbonyl (C=O) groups excluding carboxylic acids is 1. The average molecular weight is 281 g/mol. The quantitative estimate of drug-likeness (QED) is 0.835. The molecule has 2 aliphatic rings. The Kier molecular flexibility index (Phi) is 5.44. The Morgan fingerprint density at radius 2 is 1.75 bits per heavy atom. The average Bonchev–Trinajstić information content (AvgIpc) is 2.95. The van der Waals surface area contributed by atoms with Crippen LogP contribution in [0.3, 0.4) is 0 Å². The SMILES string of the molecule is CC(NCC1(N(C)C)CCCC1)C(=O)N1CCCCC1. The Morgan fingerprint density at radius 1 is 1.15 bits per heavy atom. The predicted octanol–water partition coefficient (Wildman–Crippen LogP) is 1.85. The molecule has 116 valence electrons. The van der Waals surface area contributed by atoms with Crippen LogP contribution < -0.4 is 5.32 Å². The van der Waals surface area contributed by atoms with Crippen molar-refractivity contribution in [3.63, 3.8) is 0 Å². The lowest BCUT2D eigenvalue weighted by Crippen LogP contribution is -2.54. The highest BCUT2D eigenvalue weighted by Crippen LogP contribution is 2.33. The second-order valence-electron chi connectivity index (χ2n) is 6.81. The zero-order valence-corrected chi connectivity index (χ0v) is 13.5.